The van der Waals surface area contributed by atoms with Crippen molar-refractivity contribution in [2.45, 2.75) is 6.18 Å². The molecule has 0 saturated carbocycles. The lowest BCUT2D eigenvalue weighted by Crippen LogP contribution is -2.50. The zero-order chi connectivity index (χ0) is 14.0. The van der Waals surface area contributed by atoms with E-state index in [0.29, 0.717) is 24.6 Å². The summed E-state index contributed by atoms with van der Waals surface area (Å²) in [6.07, 6.45) is -4.48. The topological polar surface area (TPSA) is 53.6 Å². The minimum atomic E-state index is -4.48. The third kappa shape index (κ3) is 3.10. The zero-order valence-corrected chi connectivity index (χ0v) is 10.6. The van der Waals surface area contributed by atoms with Crippen molar-refractivity contribution >= 4 is 23.1 Å². The van der Waals surface area contributed by atoms with E-state index in [1.54, 1.807) is 5.01 Å². The van der Waals surface area contributed by atoms with Gasteiger partial charge in [-0.15, -0.1) is 0 Å². The van der Waals surface area contributed by atoms with Crippen molar-refractivity contribution in [2.24, 2.45) is 10.7 Å². The van der Waals surface area contributed by atoms with E-state index in [1.807, 2.05) is 0 Å². The van der Waals surface area contributed by atoms with Gasteiger partial charge in [-0.05, 0) is 18.2 Å². The summed E-state index contributed by atoms with van der Waals surface area (Å²) in [6.45, 7) is 1.14. The Labute approximate surface area is 113 Å². The molecule has 0 radical (unpaired) electrons. The summed E-state index contributed by atoms with van der Waals surface area (Å²) in [5.41, 5.74) is 7.83. The number of nitrogens with two attached hydrogens (primary N) is 1. The van der Waals surface area contributed by atoms with Gasteiger partial charge in [0.1, 0.15) is 5.84 Å². The average molecular weight is 293 g/mol. The van der Waals surface area contributed by atoms with Crippen LogP contribution in [0.1, 0.15) is 5.56 Å². The van der Waals surface area contributed by atoms with Crippen LogP contribution in [-0.4, -0.2) is 25.5 Å². The van der Waals surface area contributed by atoms with E-state index in [1.165, 1.54) is 12.1 Å². The van der Waals surface area contributed by atoms with Gasteiger partial charge < -0.3 is 5.73 Å². The van der Waals surface area contributed by atoms with E-state index >= 15 is 0 Å². The maximum atomic E-state index is 12.8. The van der Waals surface area contributed by atoms with Crippen molar-refractivity contribution in [1.82, 2.24) is 5.43 Å². The second-order valence-corrected chi connectivity index (χ2v) is 4.37. The predicted molar refractivity (Wildman–Crippen MR) is 68.3 cm³/mol. The first-order valence-electron chi connectivity index (χ1n) is 5.56. The van der Waals surface area contributed by atoms with E-state index in [2.05, 4.69) is 10.4 Å². The molecule has 0 spiro atoms. The number of hydrogen-bond acceptors (Lipinski definition) is 4. The number of rotatable bonds is 2. The monoisotopic (exact) mass is 292 g/mol. The first-order valence-corrected chi connectivity index (χ1v) is 5.94. The van der Waals surface area contributed by atoms with E-state index < -0.39 is 11.7 Å². The quantitative estimate of drug-likeness (QED) is 0.877. The molecule has 0 atom stereocenters. The number of nitrogens with one attached hydrogen (secondary N) is 1. The summed E-state index contributed by atoms with van der Waals surface area (Å²) in [4.78, 5) is 4.10. The van der Waals surface area contributed by atoms with Crippen LogP contribution in [0.5, 0.6) is 0 Å². The van der Waals surface area contributed by atoms with Gasteiger partial charge in [-0.1, -0.05) is 11.6 Å². The van der Waals surface area contributed by atoms with Crippen LogP contribution in [0.2, 0.25) is 5.02 Å². The van der Waals surface area contributed by atoms with Crippen molar-refractivity contribution in [1.29, 1.82) is 0 Å². The van der Waals surface area contributed by atoms with Gasteiger partial charge in [0.25, 0.3) is 0 Å². The number of benzene rings is 1. The van der Waals surface area contributed by atoms with E-state index in [4.69, 9.17) is 17.3 Å². The van der Waals surface area contributed by atoms with Gasteiger partial charge in [-0.2, -0.15) is 13.2 Å². The summed E-state index contributed by atoms with van der Waals surface area (Å²) in [5.74, 6) is 0.537. The number of anilines is 1. The Balaban J connectivity index is 2.29. The molecule has 0 saturated heterocycles. The molecule has 0 fully saturated rings. The number of halogens is 4. The minimum absolute atomic E-state index is 0.205. The summed E-state index contributed by atoms with van der Waals surface area (Å²) in [7, 11) is 0. The molecule has 8 heteroatoms. The van der Waals surface area contributed by atoms with Gasteiger partial charge in [0.15, 0.2) is 0 Å². The molecule has 1 aromatic rings. The van der Waals surface area contributed by atoms with Crippen LogP contribution in [0.15, 0.2) is 23.2 Å². The van der Waals surface area contributed by atoms with Crippen LogP contribution in [0.4, 0.5) is 18.9 Å². The molecule has 104 valence electrons. The predicted octanol–water partition coefficient (Wildman–Crippen LogP) is 2.04. The first-order chi connectivity index (χ1) is 8.91. The van der Waals surface area contributed by atoms with E-state index in [0.717, 1.165) is 6.07 Å². The molecular weight excluding hydrogens is 281 g/mol. The van der Waals surface area contributed by atoms with E-state index in [-0.39, 0.29) is 11.6 Å². The summed E-state index contributed by atoms with van der Waals surface area (Å²) in [5, 5.41) is 1.25. The summed E-state index contributed by atoms with van der Waals surface area (Å²) in [6, 6.07) is 3.76. The first kappa shape index (κ1) is 14.0. The van der Waals surface area contributed by atoms with Crippen LogP contribution in [0, 0.1) is 0 Å². The maximum Gasteiger partial charge on any atom is 0.417 e. The molecule has 4 nitrogen and oxygen atoms in total. The third-order valence-electron chi connectivity index (χ3n) is 2.65. The Hall–Kier alpha value is -1.47. The molecular formula is C11H12ClF3N4. The molecule has 19 heavy (non-hydrogen) atoms. The molecule has 1 aliphatic heterocycles. The molecule has 0 bridgehead atoms. The van der Waals surface area contributed by atoms with Crippen LogP contribution in [0.3, 0.4) is 0 Å². The molecule has 1 heterocycles. The van der Waals surface area contributed by atoms with Crippen molar-refractivity contribution in [3.05, 3.63) is 28.8 Å². The van der Waals surface area contributed by atoms with Crippen molar-refractivity contribution < 1.29 is 13.2 Å². The largest absolute Gasteiger partial charge is 0.417 e. The molecule has 2 rings (SSSR count). The molecule has 0 aromatic heterocycles. The van der Waals surface area contributed by atoms with Crippen LogP contribution < -0.4 is 16.2 Å². The van der Waals surface area contributed by atoms with Gasteiger partial charge >= 0.3 is 6.18 Å². The Bertz CT molecular complexity index is 501. The fourth-order valence-electron chi connectivity index (χ4n) is 1.73. The molecule has 0 aliphatic carbocycles. The average Bonchev–Trinajstić information content (AvgIpc) is 2.38. The lowest BCUT2D eigenvalue weighted by molar-refractivity contribution is -0.137. The SMILES string of the molecule is NCC1=NCCN(c2ccc(Cl)c(C(F)(F)F)c2)N1. The summed E-state index contributed by atoms with van der Waals surface area (Å²) >= 11 is 5.57. The number of hydrogen-bond donors (Lipinski definition) is 2. The van der Waals surface area contributed by atoms with Crippen LogP contribution in [-0.2, 0) is 6.18 Å². The lowest BCUT2D eigenvalue weighted by Gasteiger charge is -2.30. The molecule has 0 unspecified atom stereocenters. The van der Waals surface area contributed by atoms with Gasteiger partial charge in [0, 0.05) is 0 Å². The fraction of sp³-hybridized carbons (Fsp3) is 0.364. The Morgan fingerprint density at radius 2 is 2.16 bits per heavy atom. The highest BCUT2D eigenvalue weighted by Gasteiger charge is 2.33. The molecule has 0 amide bonds. The van der Waals surface area contributed by atoms with Gasteiger partial charge in [-0.3, -0.25) is 15.4 Å². The van der Waals surface area contributed by atoms with Crippen molar-refractivity contribution in [3.8, 4) is 0 Å². The highest BCUT2D eigenvalue weighted by Crippen LogP contribution is 2.36. The fourth-order valence-corrected chi connectivity index (χ4v) is 1.96. The number of aliphatic imine (C=N–C) groups is 1. The van der Waals surface area contributed by atoms with E-state index in [9.17, 15) is 13.2 Å². The van der Waals surface area contributed by atoms with Gasteiger partial charge in [0.2, 0.25) is 0 Å². The normalized spacial score (nSPS) is 16.1. The highest BCUT2D eigenvalue weighted by atomic mass is 35.5. The Morgan fingerprint density at radius 3 is 2.79 bits per heavy atom. The standard InChI is InChI=1S/C11H12ClF3N4/c12-9-2-1-7(5-8(9)11(13,14)15)19-4-3-17-10(6-16)18-19/h1-2,5H,3-4,6,16H2,(H,17,18). The maximum absolute atomic E-state index is 12.8. The molecule has 1 aliphatic rings. The van der Waals surface area contributed by atoms with Crippen molar-refractivity contribution in [2.75, 3.05) is 24.6 Å². The number of alkyl halides is 3. The van der Waals surface area contributed by atoms with Gasteiger partial charge in [0.05, 0.1) is 35.9 Å². The Morgan fingerprint density at radius 1 is 1.42 bits per heavy atom. The minimum Gasteiger partial charge on any atom is -0.324 e. The third-order valence-corrected chi connectivity index (χ3v) is 2.98. The number of hydrazine groups is 1. The Kier molecular flexibility index (Phi) is 3.86. The summed E-state index contributed by atoms with van der Waals surface area (Å²) < 4.78 is 38.3. The smallest absolute Gasteiger partial charge is 0.324 e. The number of amidine groups is 1. The van der Waals surface area contributed by atoms with Crippen LogP contribution >= 0.6 is 11.6 Å². The van der Waals surface area contributed by atoms with Gasteiger partial charge in [-0.25, -0.2) is 0 Å². The highest BCUT2D eigenvalue weighted by molar-refractivity contribution is 6.31. The molecule has 3 N–H and O–H groups in total. The van der Waals surface area contributed by atoms with Crippen LogP contribution in [0.25, 0.3) is 0 Å². The zero-order valence-electron chi connectivity index (χ0n) is 9.84. The van der Waals surface area contributed by atoms with Crippen molar-refractivity contribution in [3.63, 3.8) is 0 Å². The number of nitrogens with zero attached hydrogens (tertiary/aromatic N) is 2. The molecule has 1 aromatic carbocycles. The lowest BCUT2D eigenvalue weighted by atomic mass is 10.2. The second kappa shape index (κ2) is 5.26. The second-order valence-electron chi connectivity index (χ2n) is 3.96.